The van der Waals surface area contributed by atoms with Crippen molar-refractivity contribution in [3.63, 3.8) is 0 Å². The molecule has 20 N–H and O–H groups in total. The Morgan fingerprint density at radius 3 is 1.41 bits per heavy atom. The van der Waals surface area contributed by atoms with E-state index in [1.165, 1.54) is 0 Å². The summed E-state index contributed by atoms with van der Waals surface area (Å²) < 4.78 is 4.87. The third kappa shape index (κ3) is 28.8. The fourth-order valence-electron chi connectivity index (χ4n) is 7.68. The van der Waals surface area contributed by atoms with Gasteiger partial charge < -0.3 is 81.7 Å². The number of amides is 7. The zero-order valence-corrected chi connectivity index (χ0v) is 44.2. The number of nitrogens with zero attached hydrogens (tertiary/aromatic N) is 1. The maximum absolute atomic E-state index is 14.3. The Balaban J connectivity index is 3.42. The van der Waals surface area contributed by atoms with Crippen LogP contribution in [0.25, 0.3) is 0 Å². The normalized spacial score (nSPS) is 15.6. The summed E-state index contributed by atoms with van der Waals surface area (Å²) in [6, 6.07) is -7.37. The van der Waals surface area contributed by atoms with Crippen molar-refractivity contribution in [2.45, 2.75) is 172 Å². The lowest BCUT2D eigenvalue weighted by Gasteiger charge is -2.28. The van der Waals surface area contributed by atoms with Crippen LogP contribution in [0, 0.1) is 5.92 Å². The van der Waals surface area contributed by atoms with Gasteiger partial charge in [0.05, 0.1) is 25.6 Å². The van der Waals surface area contributed by atoms with Crippen molar-refractivity contribution in [2.24, 2.45) is 45.3 Å². The number of ether oxygens (including phenoxy) is 1. The molecule has 1 aliphatic heterocycles. The highest BCUT2D eigenvalue weighted by Crippen LogP contribution is 2.13. The first-order valence-electron chi connectivity index (χ1n) is 25.9. The van der Waals surface area contributed by atoms with Gasteiger partial charge in [-0.1, -0.05) is 25.6 Å². The van der Waals surface area contributed by atoms with E-state index in [1.54, 1.807) is 20.8 Å². The van der Waals surface area contributed by atoms with E-state index in [1.807, 2.05) is 0 Å². The van der Waals surface area contributed by atoms with Crippen LogP contribution in [0.4, 0.5) is 0 Å². The third-order valence-corrected chi connectivity index (χ3v) is 12.7. The van der Waals surface area contributed by atoms with E-state index in [0.29, 0.717) is 90.5 Å². The van der Waals surface area contributed by atoms with Crippen molar-refractivity contribution in [1.29, 1.82) is 0 Å². The van der Waals surface area contributed by atoms with Gasteiger partial charge in [0.25, 0.3) is 0 Å². The molecule has 1 fully saturated rings. The molecule has 25 nitrogen and oxygen atoms in total. The summed E-state index contributed by atoms with van der Waals surface area (Å²) in [5.74, 6) is -5.33. The fraction of sp³-hybridized carbons (Fsp3) is 0.787. The molecule has 26 heteroatoms. The first-order chi connectivity index (χ1) is 34.9. The highest BCUT2D eigenvalue weighted by molar-refractivity contribution is 8.13. The Hall–Kier alpha value is -5.15. The quantitative estimate of drug-likeness (QED) is 0.0128. The highest BCUT2D eigenvalue weighted by atomic mass is 32.2. The predicted molar refractivity (Wildman–Crippen MR) is 281 cm³/mol. The topological polar surface area (TPSA) is 428 Å². The van der Waals surface area contributed by atoms with Crippen molar-refractivity contribution >= 4 is 70.2 Å². The number of unbranched alkanes of at least 4 members (excludes halogenated alkanes) is 4. The zero-order chi connectivity index (χ0) is 54.6. The zero-order valence-electron chi connectivity index (χ0n) is 43.4. The molecule has 0 bridgehead atoms. The Bertz CT molecular complexity index is 1740. The average molecular weight is 1060 g/mol. The minimum absolute atomic E-state index is 0.0107. The summed E-state index contributed by atoms with van der Waals surface area (Å²) in [7, 11) is 0. The number of hydrogen-bond donors (Lipinski definition) is 14. The van der Waals surface area contributed by atoms with E-state index in [4.69, 9.17) is 39.1 Å². The van der Waals surface area contributed by atoms with Gasteiger partial charge in [0.1, 0.15) is 36.3 Å². The van der Waals surface area contributed by atoms with Crippen molar-refractivity contribution in [1.82, 2.24) is 42.5 Å². The summed E-state index contributed by atoms with van der Waals surface area (Å²) >= 11 is 0.859. The standard InChI is InChI=1S/C47H89N15O10S/c1-4-72-37(63)21-28-73-38(64)29-56-46(71)39(30(2)3)62-45(70)35(18-8-12-25-51)60-44(69)36(20-14-27-55-47(52)53)61-43(68)34(17-7-11-24-50)59-42(67)33(16-6-10-23-49)58-41(66)32(15-5-9-22-48)57-40(65)31-19-13-26-54-31/h30-36,39,54H,4-29,48-51H2,1-3H3,(H,56,71)(H,57,65)(H,58,66)(H,59,67)(H,60,69)(H,61,68)(H,62,70)(H4,52,53,55)/t31-,32-,33-,34-,35-,36-,39-/m0/s1. The Morgan fingerprint density at radius 2 is 1.03 bits per heavy atom. The molecule has 0 aliphatic carbocycles. The molecule has 1 aliphatic rings. The number of nitrogens with two attached hydrogens (primary N) is 6. The maximum Gasteiger partial charge on any atom is 0.306 e. The molecule has 7 amide bonds. The van der Waals surface area contributed by atoms with E-state index in [9.17, 15) is 43.2 Å². The van der Waals surface area contributed by atoms with Gasteiger partial charge in [0, 0.05) is 12.3 Å². The smallest absolute Gasteiger partial charge is 0.306 e. The highest BCUT2D eigenvalue weighted by Gasteiger charge is 2.34. The monoisotopic (exact) mass is 1060 g/mol. The Labute approximate surface area is 435 Å². The average Bonchev–Trinajstić information content (AvgIpc) is 3.90. The molecule has 0 spiro atoms. The van der Waals surface area contributed by atoms with Gasteiger partial charge >= 0.3 is 5.97 Å². The van der Waals surface area contributed by atoms with Crippen molar-refractivity contribution in [3.8, 4) is 0 Å². The van der Waals surface area contributed by atoms with Crippen LogP contribution in [0.15, 0.2) is 4.99 Å². The lowest BCUT2D eigenvalue weighted by Crippen LogP contribution is -2.60. The van der Waals surface area contributed by atoms with Gasteiger partial charge in [-0.3, -0.25) is 48.1 Å². The number of hydrogen-bond acceptors (Lipinski definition) is 17. The lowest BCUT2D eigenvalue weighted by molar-refractivity contribution is -0.142. The molecule has 0 unspecified atom stereocenters. The minimum Gasteiger partial charge on any atom is -0.466 e. The van der Waals surface area contributed by atoms with Crippen LogP contribution in [0.1, 0.15) is 130 Å². The summed E-state index contributed by atoms with van der Waals surface area (Å²) in [5, 5.41) is 21.9. The van der Waals surface area contributed by atoms with Crippen molar-refractivity contribution in [3.05, 3.63) is 0 Å². The van der Waals surface area contributed by atoms with E-state index >= 15 is 0 Å². The SMILES string of the molecule is CCOC(=O)CCSC(=O)CNC(=O)[C@@H](NC(=O)[C@H](CCCCN)NC(=O)[C@H](CCCN=C(N)N)NC(=O)[C@H](CCCCN)NC(=O)[C@H](CCCCN)NC(=O)[C@H](CCCCN)NC(=O)[C@@H]1CCCN1)C(C)C. The molecule has 0 radical (unpaired) electrons. The largest absolute Gasteiger partial charge is 0.466 e. The molecular weight excluding hydrogens is 967 g/mol. The van der Waals surface area contributed by atoms with Crippen molar-refractivity contribution < 1.29 is 47.9 Å². The molecule has 1 rings (SSSR count). The molecule has 0 aromatic rings. The molecule has 0 aromatic carbocycles. The van der Waals surface area contributed by atoms with Crippen LogP contribution in [0.3, 0.4) is 0 Å². The van der Waals surface area contributed by atoms with E-state index < -0.39 is 94.7 Å². The molecule has 0 aromatic heterocycles. The number of esters is 1. The van der Waals surface area contributed by atoms with Gasteiger partial charge in [0.2, 0.25) is 46.5 Å². The second-order valence-electron chi connectivity index (χ2n) is 18.3. The molecule has 1 heterocycles. The molecular formula is C47H89N15O10S. The minimum atomic E-state index is -1.29. The van der Waals surface area contributed by atoms with Crippen LogP contribution >= 0.6 is 11.8 Å². The number of nitrogens with one attached hydrogen (secondary N) is 8. The Kier molecular flexibility index (Phi) is 35.5. The van der Waals surface area contributed by atoms with E-state index in [2.05, 4.69) is 47.5 Å². The first-order valence-corrected chi connectivity index (χ1v) is 26.9. The maximum atomic E-state index is 14.3. The molecule has 1 saturated heterocycles. The predicted octanol–water partition coefficient (Wildman–Crippen LogP) is -2.80. The van der Waals surface area contributed by atoms with Crippen LogP contribution in [-0.2, 0) is 47.9 Å². The second kappa shape index (κ2) is 39.3. The molecule has 418 valence electrons. The van der Waals surface area contributed by atoms with Gasteiger partial charge in [-0.2, -0.15) is 0 Å². The third-order valence-electron chi connectivity index (χ3n) is 11.8. The summed E-state index contributed by atoms with van der Waals surface area (Å²) in [5.41, 5.74) is 34.1. The number of thioether (sulfide) groups is 1. The van der Waals surface area contributed by atoms with Crippen LogP contribution < -0.4 is 76.9 Å². The van der Waals surface area contributed by atoms with Gasteiger partial charge in [-0.15, -0.1) is 0 Å². The van der Waals surface area contributed by atoms with Gasteiger partial charge in [-0.25, -0.2) is 0 Å². The number of carbonyl (C=O) groups excluding carboxylic acids is 9. The number of guanidine groups is 1. The fourth-order valence-corrected chi connectivity index (χ4v) is 8.35. The summed E-state index contributed by atoms with van der Waals surface area (Å²) in [6.07, 6.45) is 6.27. The summed E-state index contributed by atoms with van der Waals surface area (Å²) in [4.78, 5) is 125. The molecule has 0 saturated carbocycles. The second-order valence-corrected chi connectivity index (χ2v) is 19.4. The van der Waals surface area contributed by atoms with Gasteiger partial charge in [0.15, 0.2) is 5.96 Å². The number of rotatable bonds is 40. The van der Waals surface area contributed by atoms with Crippen molar-refractivity contribution in [2.75, 3.05) is 58.2 Å². The number of aliphatic imine (C=N–C) groups is 1. The van der Waals surface area contributed by atoms with E-state index in [0.717, 1.165) is 18.2 Å². The van der Waals surface area contributed by atoms with Crippen LogP contribution in [-0.4, -0.2) is 159 Å². The lowest BCUT2D eigenvalue weighted by atomic mass is 10.0. The number of carbonyl (C=O) groups is 9. The van der Waals surface area contributed by atoms with Crippen LogP contribution in [0.2, 0.25) is 0 Å². The molecule has 73 heavy (non-hydrogen) atoms. The first kappa shape index (κ1) is 65.9. The molecule has 7 atom stereocenters. The van der Waals surface area contributed by atoms with Gasteiger partial charge in [-0.05, 0) is 148 Å². The Morgan fingerprint density at radius 1 is 0.603 bits per heavy atom. The van der Waals surface area contributed by atoms with Crippen LogP contribution in [0.5, 0.6) is 0 Å². The summed E-state index contributed by atoms with van der Waals surface area (Å²) in [6.45, 7) is 7.00. The van der Waals surface area contributed by atoms with E-state index in [-0.39, 0.29) is 82.3 Å².